The van der Waals surface area contributed by atoms with Gasteiger partial charge in [-0.2, -0.15) is 5.10 Å². The fraction of sp³-hybridized carbons (Fsp3) is 0.812. The molecule has 1 heterocycles. The minimum Gasteiger partial charge on any atom is -0.393 e. The monoisotopic (exact) mass is 262 g/mol. The van der Waals surface area contributed by atoms with E-state index in [4.69, 9.17) is 5.10 Å². The lowest BCUT2D eigenvalue weighted by Gasteiger charge is -2.21. The van der Waals surface area contributed by atoms with E-state index in [0.29, 0.717) is 12.0 Å². The molecule has 1 N–H and O–H groups in total. The normalized spacial score (nSPS) is 22.6. The second-order valence-corrected chi connectivity index (χ2v) is 6.38. The Morgan fingerprint density at radius 1 is 1.21 bits per heavy atom. The van der Waals surface area contributed by atoms with Gasteiger partial charge in [0.05, 0.1) is 17.8 Å². The molecule has 3 heteroatoms. The van der Waals surface area contributed by atoms with E-state index < -0.39 is 0 Å². The van der Waals surface area contributed by atoms with Crippen molar-refractivity contribution in [3.8, 4) is 0 Å². The van der Waals surface area contributed by atoms with Crippen LogP contribution in [-0.4, -0.2) is 21.0 Å². The quantitative estimate of drug-likeness (QED) is 0.852. The van der Waals surface area contributed by atoms with Crippen LogP contribution >= 0.6 is 0 Å². The van der Waals surface area contributed by atoms with E-state index in [0.717, 1.165) is 19.3 Å². The topological polar surface area (TPSA) is 38.0 Å². The molecule has 0 aliphatic heterocycles. The van der Waals surface area contributed by atoms with Crippen LogP contribution in [-0.2, 0) is 6.42 Å². The molecule has 0 aromatic carbocycles. The molecule has 3 nitrogen and oxygen atoms in total. The van der Waals surface area contributed by atoms with Gasteiger partial charge in [0.15, 0.2) is 0 Å². The van der Waals surface area contributed by atoms with Crippen molar-refractivity contribution in [3.63, 3.8) is 0 Å². The number of hydrogen-bond acceptors (Lipinski definition) is 2. The molecule has 2 fully saturated rings. The summed E-state index contributed by atoms with van der Waals surface area (Å²) in [6, 6.07) is 2.80. The highest BCUT2D eigenvalue weighted by molar-refractivity contribution is 5.00. The van der Waals surface area contributed by atoms with E-state index in [1.54, 1.807) is 0 Å². The van der Waals surface area contributed by atoms with Crippen molar-refractivity contribution in [1.29, 1.82) is 0 Å². The van der Waals surface area contributed by atoms with Crippen LogP contribution in [0.3, 0.4) is 0 Å². The Morgan fingerprint density at radius 2 is 2.00 bits per heavy atom. The first-order valence-corrected chi connectivity index (χ1v) is 8.05. The maximum absolute atomic E-state index is 9.85. The number of aromatic nitrogens is 2. The number of aliphatic hydroxyl groups is 1. The molecule has 0 bridgehead atoms. The van der Waals surface area contributed by atoms with Crippen LogP contribution in [0.1, 0.15) is 69.5 Å². The molecular weight excluding hydrogens is 236 g/mol. The molecule has 1 aromatic heterocycles. The second-order valence-electron chi connectivity index (χ2n) is 6.38. The van der Waals surface area contributed by atoms with Gasteiger partial charge in [0, 0.05) is 6.20 Å². The van der Waals surface area contributed by atoms with E-state index >= 15 is 0 Å². The van der Waals surface area contributed by atoms with Gasteiger partial charge < -0.3 is 5.11 Å². The fourth-order valence-electron chi connectivity index (χ4n) is 3.27. The van der Waals surface area contributed by atoms with Gasteiger partial charge >= 0.3 is 0 Å². The van der Waals surface area contributed by atoms with Crippen LogP contribution in [0.4, 0.5) is 0 Å². The lowest BCUT2D eigenvalue weighted by atomic mass is 9.96. The molecule has 106 valence electrons. The Kier molecular flexibility index (Phi) is 4.21. The third-order valence-electron chi connectivity index (χ3n) is 4.71. The first-order valence-electron chi connectivity index (χ1n) is 8.05. The lowest BCUT2D eigenvalue weighted by Crippen LogP contribution is -2.13. The number of hydrogen-bond donors (Lipinski definition) is 1. The van der Waals surface area contributed by atoms with Gasteiger partial charge in [-0.25, -0.2) is 0 Å². The van der Waals surface area contributed by atoms with Crippen molar-refractivity contribution in [2.45, 2.75) is 76.4 Å². The maximum atomic E-state index is 9.85. The predicted molar refractivity (Wildman–Crippen MR) is 76.0 cm³/mol. The lowest BCUT2D eigenvalue weighted by molar-refractivity contribution is 0.139. The summed E-state index contributed by atoms with van der Waals surface area (Å²) in [6.45, 7) is 0. The predicted octanol–water partition coefficient (Wildman–Crippen LogP) is 3.48. The Labute approximate surface area is 116 Å². The molecule has 1 aromatic rings. The molecule has 1 unspecified atom stereocenters. The molecule has 19 heavy (non-hydrogen) atoms. The van der Waals surface area contributed by atoms with Crippen molar-refractivity contribution in [2.24, 2.45) is 5.92 Å². The summed E-state index contributed by atoms with van der Waals surface area (Å²) < 4.78 is 2.19. The van der Waals surface area contributed by atoms with Crippen LogP contribution in [0.5, 0.6) is 0 Å². The molecule has 0 saturated heterocycles. The molecule has 0 amide bonds. The molecule has 0 spiro atoms. The molecule has 2 saturated carbocycles. The third-order valence-corrected chi connectivity index (χ3v) is 4.71. The largest absolute Gasteiger partial charge is 0.393 e. The first kappa shape index (κ1) is 13.2. The second kappa shape index (κ2) is 6.08. The van der Waals surface area contributed by atoms with E-state index in [1.807, 2.05) is 0 Å². The summed E-state index contributed by atoms with van der Waals surface area (Å²) >= 11 is 0. The van der Waals surface area contributed by atoms with Crippen molar-refractivity contribution >= 4 is 0 Å². The van der Waals surface area contributed by atoms with Gasteiger partial charge in [-0.1, -0.05) is 19.3 Å². The van der Waals surface area contributed by atoms with E-state index in [1.165, 1.54) is 50.6 Å². The van der Waals surface area contributed by atoms with Crippen molar-refractivity contribution in [3.05, 3.63) is 18.0 Å². The number of aryl methyl sites for hydroxylation is 1. The number of nitrogens with zero attached hydrogens (tertiary/aromatic N) is 2. The molecule has 2 aliphatic rings. The maximum Gasteiger partial charge on any atom is 0.0624 e. The van der Waals surface area contributed by atoms with Gasteiger partial charge in [0.25, 0.3) is 0 Å². The summed E-state index contributed by atoms with van der Waals surface area (Å²) in [5.74, 6) is 0.611. The number of rotatable bonds is 6. The minimum absolute atomic E-state index is 0.0552. The Balaban J connectivity index is 1.44. The minimum atomic E-state index is -0.0552. The van der Waals surface area contributed by atoms with Gasteiger partial charge in [-0.05, 0) is 56.9 Å². The van der Waals surface area contributed by atoms with Gasteiger partial charge in [0.1, 0.15) is 0 Å². The van der Waals surface area contributed by atoms with E-state index in [-0.39, 0.29) is 6.10 Å². The van der Waals surface area contributed by atoms with Crippen LogP contribution in [0.2, 0.25) is 0 Å². The van der Waals surface area contributed by atoms with E-state index in [2.05, 4.69) is 16.9 Å². The van der Waals surface area contributed by atoms with Crippen LogP contribution in [0.25, 0.3) is 0 Å². The Morgan fingerprint density at radius 3 is 2.74 bits per heavy atom. The average molecular weight is 262 g/mol. The highest BCUT2D eigenvalue weighted by Gasteiger charge is 2.29. The summed E-state index contributed by atoms with van der Waals surface area (Å²) in [4.78, 5) is 0. The highest BCUT2D eigenvalue weighted by atomic mass is 16.3. The summed E-state index contributed by atoms with van der Waals surface area (Å²) in [6.07, 6.45) is 14.3. The summed E-state index contributed by atoms with van der Waals surface area (Å²) in [5.41, 5.74) is 1.20. The first-order chi connectivity index (χ1) is 9.33. The molecule has 3 rings (SSSR count). The van der Waals surface area contributed by atoms with Crippen LogP contribution < -0.4 is 0 Å². The van der Waals surface area contributed by atoms with Crippen LogP contribution in [0.15, 0.2) is 12.3 Å². The highest BCUT2D eigenvalue weighted by Crippen LogP contribution is 2.34. The summed E-state index contributed by atoms with van der Waals surface area (Å²) in [7, 11) is 0. The van der Waals surface area contributed by atoms with Crippen molar-refractivity contribution < 1.29 is 5.11 Å². The van der Waals surface area contributed by atoms with Crippen LogP contribution in [0, 0.1) is 5.92 Å². The number of aliphatic hydroxyl groups excluding tert-OH is 1. The zero-order valence-corrected chi connectivity index (χ0v) is 11.8. The van der Waals surface area contributed by atoms with Gasteiger partial charge in [-0.15, -0.1) is 0 Å². The zero-order chi connectivity index (χ0) is 13.1. The molecule has 1 atom stereocenters. The third kappa shape index (κ3) is 3.59. The summed E-state index contributed by atoms with van der Waals surface area (Å²) in [5, 5.41) is 14.6. The van der Waals surface area contributed by atoms with E-state index in [9.17, 15) is 5.11 Å². The SMILES string of the molecule is OC(CCCc1ccn(C2CCCCC2)n1)C1CC1. The average Bonchev–Trinajstić information content (AvgIpc) is 3.20. The van der Waals surface area contributed by atoms with Gasteiger partial charge in [-0.3, -0.25) is 4.68 Å². The Hall–Kier alpha value is -0.830. The fourth-order valence-corrected chi connectivity index (χ4v) is 3.27. The standard InChI is InChI=1S/C16H26N2O/c19-16(13-9-10-13)8-4-5-14-11-12-18(17-14)15-6-2-1-3-7-15/h11-13,15-16,19H,1-10H2. The van der Waals surface area contributed by atoms with Gasteiger partial charge in [0.2, 0.25) is 0 Å². The zero-order valence-electron chi connectivity index (χ0n) is 11.8. The molecular formula is C16H26N2O. The molecule has 0 radical (unpaired) electrons. The van der Waals surface area contributed by atoms with Crippen molar-refractivity contribution in [1.82, 2.24) is 9.78 Å². The molecule has 2 aliphatic carbocycles. The Bertz CT molecular complexity index is 391. The van der Waals surface area contributed by atoms with Crippen molar-refractivity contribution in [2.75, 3.05) is 0 Å². The smallest absolute Gasteiger partial charge is 0.0624 e.